The first kappa shape index (κ1) is 14.1. The molecule has 0 fully saturated rings. The third-order valence-corrected chi connectivity index (χ3v) is 4.12. The first-order valence-corrected chi connectivity index (χ1v) is 7.50. The number of para-hydroxylation sites is 1. The molecular weight excluding hydrogens is 262 g/mol. The molecule has 21 heavy (non-hydrogen) atoms. The van der Waals surface area contributed by atoms with Crippen molar-refractivity contribution in [1.82, 2.24) is 0 Å². The number of benzene rings is 2. The molecule has 0 saturated carbocycles. The molecule has 0 saturated heterocycles. The van der Waals surface area contributed by atoms with E-state index in [-0.39, 0.29) is 0 Å². The van der Waals surface area contributed by atoms with E-state index >= 15 is 0 Å². The van der Waals surface area contributed by atoms with E-state index in [1.54, 1.807) is 0 Å². The van der Waals surface area contributed by atoms with Gasteiger partial charge in [0.1, 0.15) is 0 Å². The molecule has 2 aromatic carbocycles. The molecule has 0 aliphatic carbocycles. The van der Waals surface area contributed by atoms with Gasteiger partial charge in [0.15, 0.2) is 0 Å². The van der Waals surface area contributed by atoms with E-state index in [4.69, 9.17) is 0 Å². The van der Waals surface area contributed by atoms with Crippen molar-refractivity contribution in [2.75, 3.05) is 18.0 Å². The second-order valence-electron chi connectivity index (χ2n) is 5.59. The molecule has 1 aliphatic heterocycles. The molecule has 0 radical (unpaired) electrons. The Kier molecular flexibility index (Phi) is 4.23. The summed E-state index contributed by atoms with van der Waals surface area (Å²) in [5.41, 5.74) is 2.94. The Bertz CT molecular complexity index is 585. The zero-order chi connectivity index (χ0) is 14.7. The Morgan fingerprint density at radius 1 is 1.05 bits per heavy atom. The van der Waals surface area contributed by atoms with Crippen molar-refractivity contribution in [2.24, 2.45) is 0 Å². The molecule has 0 aromatic heterocycles. The molecule has 0 bridgehead atoms. The van der Waals surface area contributed by atoms with E-state index in [0.717, 1.165) is 36.2 Å². The van der Waals surface area contributed by atoms with E-state index in [2.05, 4.69) is 4.90 Å². The van der Waals surface area contributed by atoms with Gasteiger partial charge in [-0.15, -0.1) is 0 Å². The molecule has 110 valence electrons. The monoisotopic (exact) mass is 283 g/mol. The van der Waals surface area contributed by atoms with Crippen LogP contribution in [0.5, 0.6) is 0 Å². The molecule has 3 rings (SSSR count). The normalized spacial score (nSPS) is 19.7. The van der Waals surface area contributed by atoms with Gasteiger partial charge in [-0.3, -0.25) is 0 Å². The minimum Gasteiger partial charge on any atom is -0.388 e. The summed E-state index contributed by atoms with van der Waals surface area (Å²) in [5, 5.41) is 20.7. The number of hydrogen-bond acceptors (Lipinski definition) is 3. The summed E-state index contributed by atoms with van der Waals surface area (Å²) in [6.45, 7) is 1.41. The highest BCUT2D eigenvalue weighted by Gasteiger charge is 2.22. The minimum absolute atomic E-state index is 0.403. The largest absolute Gasteiger partial charge is 0.388 e. The fourth-order valence-electron chi connectivity index (χ4n) is 2.99. The number of anilines is 1. The number of rotatable bonds is 3. The quantitative estimate of drug-likeness (QED) is 0.910. The van der Waals surface area contributed by atoms with Gasteiger partial charge in [0.05, 0.1) is 12.2 Å². The summed E-state index contributed by atoms with van der Waals surface area (Å²) < 4.78 is 0. The second-order valence-corrected chi connectivity index (χ2v) is 5.59. The van der Waals surface area contributed by atoms with Crippen molar-refractivity contribution in [3.05, 3.63) is 65.7 Å². The fraction of sp³-hybridized carbons (Fsp3) is 0.333. The lowest BCUT2D eigenvalue weighted by molar-refractivity contribution is 0.168. The van der Waals surface area contributed by atoms with E-state index < -0.39 is 12.2 Å². The zero-order valence-electron chi connectivity index (χ0n) is 12.0. The van der Waals surface area contributed by atoms with Crippen LogP contribution in [-0.2, 0) is 0 Å². The van der Waals surface area contributed by atoms with E-state index in [0.29, 0.717) is 6.54 Å². The number of hydrogen-bond donors (Lipinski definition) is 2. The van der Waals surface area contributed by atoms with Gasteiger partial charge < -0.3 is 15.1 Å². The van der Waals surface area contributed by atoms with Gasteiger partial charge in [0.2, 0.25) is 0 Å². The Morgan fingerprint density at radius 2 is 1.76 bits per heavy atom. The van der Waals surface area contributed by atoms with Crippen LogP contribution >= 0.6 is 0 Å². The Balaban J connectivity index is 1.83. The lowest BCUT2D eigenvalue weighted by Crippen LogP contribution is -2.29. The van der Waals surface area contributed by atoms with E-state index in [1.165, 1.54) is 0 Å². The molecule has 2 N–H and O–H groups in total. The van der Waals surface area contributed by atoms with Gasteiger partial charge in [-0.2, -0.15) is 0 Å². The van der Waals surface area contributed by atoms with Gasteiger partial charge in [0.25, 0.3) is 0 Å². The number of fused-ring (bicyclic) bond motifs is 1. The van der Waals surface area contributed by atoms with Crippen molar-refractivity contribution in [3.8, 4) is 0 Å². The van der Waals surface area contributed by atoms with Crippen LogP contribution in [0.25, 0.3) is 0 Å². The Morgan fingerprint density at radius 3 is 2.57 bits per heavy atom. The van der Waals surface area contributed by atoms with Crippen LogP contribution in [0.15, 0.2) is 54.6 Å². The number of nitrogens with zero attached hydrogens (tertiary/aromatic N) is 1. The third kappa shape index (κ3) is 3.09. The van der Waals surface area contributed by atoms with Crippen LogP contribution in [-0.4, -0.2) is 23.3 Å². The SMILES string of the molecule is OC(CN1CCCC(O)c2ccccc21)c1ccccc1. The van der Waals surface area contributed by atoms with Crippen LogP contribution in [0.2, 0.25) is 0 Å². The predicted octanol–water partition coefficient (Wildman–Crippen LogP) is 3.05. The van der Waals surface area contributed by atoms with Gasteiger partial charge >= 0.3 is 0 Å². The summed E-state index contributed by atoms with van der Waals surface area (Å²) in [7, 11) is 0. The van der Waals surface area contributed by atoms with Crippen LogP contribution < -0.4 is 4.90 Å². The molecule has 3 nitrogen and oxygen atoms in total. The highest BCUT2D eigenvalue weighted by Crippen LogP contribution is 2.33. The minimum atomic E-state index is -0.519. The standard InChI is InChI=1S/C18H21NO2/c20-17-11-6-12-19(16-10-5-4-9-15(16)17)13-18(21)14-7-2-1-3-8-14/h1-5,7-10,17-18,20-21H,6,11-13H2. The smallest absolute Gasteiger partial charge is 0.0964 e. The Labute approximate surface area is 125 Å². The summed E-state index contributed by atoms with van der Waals surface area (Å²) in [6, 6.07) is 17.7. The highest BCUT2D eigenvalue weighted by molar-refractivity contribution is 5.55. The lowest BCUT2D eigenvalue weighted by Gasteiger charge is -2.27. The summed E-state index contributed by atoms with van der Waals surface area (Å²) >= 11 is 0. The van der Waals surface area contributed by atoms with Gasteiger partial charge in [-0.25, -0.2) is 0 Å². The predicted molar refractivity (Wildman–Crippen MR) is 84.3 cm³/mol. The maximum Gasteiger partial charge on any atom is 0.0964 e. The van der Waals surface area contributed by atoms with Crippen molar-refractivity contribution in [3.63, 3.8) is 0 Å². The maximum absolute atomic E-state index is 10.5. The molecule has 2 unspecified atom stereocenters. The molecule has 2 atom stereocenters. The lowest BCUT2D eigenvalue weighted by atomic mass is 10.0. The molecule has 3 heteroatoms. The van der Waals surface area contributed by atoms with E-state index in [1.807, 2.05) is 54.6 Å². The topological polar surface area (TPSA) is 43.7 Å². The molecule has 0 amide bonds. The van der Waals surface area contributed by atoms with Crippen LogP contribution in [0.4, 0.5) is 5.69 Å². The molecule has 1 aliphatic rings. The van der Waals surface area contributed by atoms with Gasteiger partial charge in [-0.1, -0.05) is 48.5 Å². The summed E-state index contributed by atoms with van der Waals surface area (Å²) in [6.07, 6.45) is 0.779. The fourth-order valence-corrected chi connectivity index (χ4v) is 2.99. The van der Waals surface area contributed by atoms with E-state index in [9.17, 15) is 10.2 Å². The molecular formula is C18H21NO2. The van der Waals surface area contributed by atoms with Crippen LogP contribution in [0, 0.1) is 0 Å². The molecule has 0 spiro atoms. The van der Waals surface area contributed by atoms with Gasteiger partial charge in [0, 0.05) is 24.3 Å². The molecule has 2 aromatic rings. The van der Waals surface area contributed by atoms with Crippen molar-refractivity contribution in [1.29, 1.82) is 0 Å². The van der Waals surface area contributed by atoms with Gasteiger partial charge in [-0.05, 0) is 24.5 Å². The first-order valence-electron chi connectivity index (χ1n) is 7.50. The van der Waals surface area contributed by atoms with Crippen molar-refractivity contribution < 1.29 is 10.2 Å². The summed E-state index contributed by atoms with van der Waals surface area (Å²) in [4.78, 5) is 2.18. The molecule has 1 heterocycles. The third-order valence-electron chi connectivity index (χ3n) is 4.12. The average molecular weight is 283 g/mol. The highest BCUT2D eigenvalue weighted by atomic mass is 16.3. The summed E-state index contributed by atoms with van der Waals surface area (Å²) in [5.74, 6) is 0. The van der Waals surface area contributed by atoms with Crippen LogP contribution in [0.3, 0.4) is 0 Å². The number of β-amino-alcohol motifs (C(OH)–C–C–N with tert-alkyl or cyclic N) is 1. The average Bonchev–Trinajstić information content (AvgIpc) is 2.69. The zero-order valence-corrected chi connectivity index (χ0v) is 12.0. The second kappa shape index (κ2) is 6.29. The van der Waals surface area contributed by atoms with Crippen molar-refractivity contribution in [2.45, 2.75) is 25.0 Å². The van der Waals surface area contributed by atoms with Crippen LogP contribution in [0.1, 0.15) is 36.2 Å². The van der Waals surface area contributed by atoms with Crippen molar-refractivity contribution >= 4 is 5.69 Å². The number of aliphatic hydroxyl groups is 2. The maximum atomic E-state index is 10.5. The number of aliphatic hydroxyl groups excluding tert-OH is 2. The first-order chi connectivity index (χ1) is 10.3. The Hall–Kier alpha value is -1.84.